The minimum atomic E-state index is -0.912. The van der Waals surface area contributed by atoms with Crippen LogP contribution in [-0.2, 0) is 5.54 Å². The van der Waals surface area contributed by atoms with Gasteiger partial charge in [-0.25, -0.2) is 24.4 Å². The molecule has 0 saturated carbocycles. The van der Waals surface area contributed by atoms with Gasteiger partial charge in [0, 0.05) is 0 Å². The third-order valence-corrected chi connectivity index (χ3v) is 2.28. The molecule has 0 aromatic carbocycles. The van der Waals surface area contributed by atoms with Gasteiger partial charge in [-0.3, -0.25) is 0 Å². The molecule has 0 bridgehead atoms. The van der Waals surface area contributed by atoms with E-state index in [0.717, 1.165) is 4.57 Å². The molecule has 13 heavy (non-hydrogen) atoms. The van der Waals surface area contributed by atoms with E-state index in [1.54, 1.807) is 13.8 Å². The smallest absolute Gasteiger partial charge is 0.344 e. The lowest BCUT2D eigenvalue weighted by Crippen LogP contribution is -2.48. The van der Waals surface area contributed by atoms with Gasteiger partial charge in [-0.05, 0) is 20.8 Å². The van der Waals surface area contributed by atoms with E-state index in [4.69, 9.17) is 0 Å². The molecule has 0 aliphatic carbocycles. The fourth-order valence-electron chi connectivity index (χ4n) is 1.02. The molecule has 0 saturated heterocycles. The van der Waals surface area contributed by atoms with E-state index in [2.05, 4.69) is 10.2 Å². The molecule has 3 N–H and O–H groups in total. The average Bonchev–Trinajstić information content (AvgIpc) is 2.30. The van der Waals surface area contributed by atoms with Crippen LogP contribution in [0.3, 0.4) is 0 Å². The number of H-pyrrole nitrogens is 2. The van der Waals surface area contributed by atoms with Crippen molar-refractivity contribution in [1.29, 1.82) is 0 Å². The number of nitrogens with zero attached hydrogens (tertiary/aromatic N) is 1. The number of nitrogens with one attached hydrogen (secondary N) is 2. The Kier molecular flexibility index (Phi) is 2.17. The maximum Gasteiger partial charge on any atom is 0.344 e. The molecule has 1 heterocycles. The van der Waals surface area contributed by atoms with Crippen molar-refractivity contribution in [1.82, 2.24) is 14.8 Å². The topological polar surface area (TPSA) is 90.9 Å². The Labute approximate surface area is 74.2 Å². The van der Waals surface area contributed by atoms with Crippen LogP contribution in [0.4, 0.5) is 0 Å². The molecule has 6 nitrogen and oxygen atoms in total. The Bertz CT molecular complexity index is 368. The minimum Gasteiger partial charge on any atom is -0.391 e. The molecule has 1 atom stereocenters. The van der Waals surface area contributed by atoms with E-state index < -0.39 is 23.0 Å². The first-order valence-corrected chi connectivity index (χ1v) is 3.95. The molecule has 1 aromatic heterocycles. The van der Waals surface area contributed by atoms with Gasteiger partial charge in [-0.2, -0.15) is 0 Å². The maximum atomic E-state index is 11.2. The van der Waals surface area contributed by atoms with Crippen molar-refractivity contribution in [2.45, 2.75) is 32.4 Å². The lowest BCUT2D eigenvalue weighted by Gasteiger charge is -2.27. The first-order valence-electron chi connectivity index (χ1n) is 3.95. The first kappa shape index (κ1) is 9.79. The summed E-state index contributed by atoms with van der Waals surface area (Å²) >= 11 is 0. The second-order valence-corrected chi connectivity index (χ2v) is 3.53. The van der Waals surface area contributed by atoms with Crippen LogP contribution in [0.5, 0.6) is 0 Å². The molecule has 1 unspecified atom stereocenters. The van der Waals surface area contributed by atoms with Gasteiger partial charge in [-0.1, -0.05) is 0 Å². The molecule has 1 rings (SSSR count). The summed E-state index contributed by atoms with van der Waals surface area (Å²) in [4.78, 5) is 22.3. The Morgan fingerprint density at radius 3 is 2.00 bits per heavy atom. The van der Waals surface area contributed by atoms with Crippen molar-refractivity contribution >= 4 is 0 Å². The highest BCUT2D eigenvalue weighted by Gasteiger charge is 2.30. The van der Waals surface area contributed by atoms with E-state index in [1.807, 2.05) is 0 Å². The van der Waals surface area contributed by atoms with Gasteiger partial charge in [-0.15, -0.1) is 0 Å². The van der Waals surface area contributed by atoms with E-state index in [9.17, 15) is 14.7 Å². The molecule has 0 aliphatic rings. The number of aliphatic hydroxyl groups excluding tert-OH is 1. The summed E-state index contributed by atoms with van der Waals surface area (Å²) in [7, 11) is 0. The van der Waals surface area contributed by atoms with Crippen LogP contribution in [0.15, 0.2) is 9.59 Å². The summed E-state index contributed by atoms with van der Waals surface area (Å²) in [5, 5.41) is 13.7. The first-order chi connectivity index (χ1) is 5.87. The highest BCUT2D eigenvalue weighted by Crippen LogP contribution is 2.14. The second-order valence-electron chi connectivity index (χ2n) is 3.53. The van der Waals surface area contributed by atoms with E-state index in [-0.39, 0.29) is 0 Å². The summed E-state index contributed by atoms with van der Waals surface area (Å²) in [6.07, 6.45) is -0.790. The summed E-state index contributed by atoms with van der Waals surface area (Å²) in [6.45, 7) is 4.75. The maximum absolute atomic E-state index is 11.2. The van der Waals surface area contributed by atoms with Crippen LogP contribution >= 0.6 is 0 Å². The number of aromatic amines is 2. The van der Waals surface area contributed by atoms with E-state index in [0.29, 0.717) is 0 Å². The van der Waals surface area contributed by atoms with Gasteiger partial charge >= 0.3 is 11.4 Å². The highest BCUT2D eigenvalue weighted by molar-refractivity contribution is 4.85. The van der Waals surface area contributed by atoms with Crippen LogP contribution in [0.2, 0.25) is 0 Å². The zero-order chi connectivity index (χ0) is 10.2. The fourth-order valence-corrected chi connectivity index (χ4v) is 1.02. The SMILES string of the molecule is CC(O)C(C)(C)n1c(=O)[nH][nH]c1=O. The number of hydrogen-bond donors (Lipinski definition) is 3. The molecule has 0 amide bonds. The fraction of sp³-hybridized carbons (Fsp3) is 0.714. The molecule has 0 spiro atoms. The molecule has 0 radical (unpaired) electrons. The molecule has 74 valence electrons. The monoisotopic (exact) mass is 187 g/mol. The summed E-state index contributed by atoms with van der Waals surface area (Å²) in [5.41, 5.74) is -2.00. The zero-order valence-electron chi connectivity index (χ0n) is 7.79. The molecular formula is C7H13N3O3. The van der Waals surface area contributed by atoms with Gasteiger partial charge in [0.2, 0.25) is 0 Å². The zero-order valence-corrected chi connectivity index (χ0v) is 7.79. The van der Waals surface area contributed by atoms with Crippen LogP contribution in [0.25, 0.3) is 0 Å². The van der Waals surface area contributed by atoms with Crippen LogP contribution in [0, 0.1) is 0 Å². The van der Waals surface area contributed by atoms with Gasteiger partial charge in [0.15, 0.2) is 0 Å². The van der Waals surface area contributed by atoms with Crippen LogP contribution in [0.1, 0.15) is 20.8 Å². The summed E-state index contributed by atoms with van der Waals surface area (Å²) in [5.74, 6) is 0. The number of rotatable bonds is 2. The predicted molar refractivity (Wildman–Crippen MR) is 46.7 cm³/mol. The largest absolute Gasteiger partial charge is 0.391 e. The van der Waals surface area contributed by atoms with Crippen LogP contribution < -0.4 is 11.4 Å². The molecule has 1 aromatic rings. The minimum absolute atomic E-state index is 0.545. The number of hydrogen-bond acceptors (Lipinski definition) is 3. The molecular weight excluding hydrogens is 174 g/mol. The second kappa shape index (κ2) is 2.88. The Morgan fingerprint density at radius 2 is 1.69 bits per heavy atom. The van der Waals surface area contributed by atoms with Crippen molar-refractivity contribution < 1.29 is 5.11 Å². The molecule has 0 fully saturated rings. The average molecular weight is 187 g/mol. The van der Waals surface area contributed by atoms with Crippen molar-refractivity contribution in [2.75, 3.05) is 0 Å². The third kappa shape index (κ3) is 1.44. The van der Waals surface area contributed by atoms with E-state index in [1.165, 1.54) is 6.92 Å². The lowest BCUT2D eigenvalue weighted by molar-refractivity contribution is 0.0688. The number of aromatic nitrogens is 3. The van der Waals surface area contributed by atoms with Gasteiger partial charge in [0.25, 0.3) is 0 Å². The predicted octanol–water partition coefficient (Wildman–Crippen LogP) is -1.02. The normalized spacial score (nSPS) is 14.5. The summed E-state index contributed by atoms with van der Waals surface area (Å²) < 4.78 is 0.956. The highest BCUT2D eigenvalue weighted by atomic mass is 16.3. The van der Waals surface area contributed by atoms with Crippen LogP contribution in [-0.4, -0.2) is 26.0 Å². The molecule has 6 heteroatoms. The Hall–Kier alpha value is -1.30. The van der Waals surface area contributed by atoms with Gasteiger partial charge in [0.05, 0.1) is 11.6 Å². The Balaban J connectivity index is 3.37. The van der Waals surface area contributed by atoms with Crippen molar-refractivity contribution in [3.63, 3.8) is 0 Å². The van der Waals surface area contributed by atoms with Gasteiger partial charge in [0.1, 0.15) is 0 Å². The standard InChI is InChI=1S/C7H13N3O3/c1-4(11)7(2,3)10-5(12)8-9-6(10)13/h4,11H,1-3H3,(H,8,12)(H,9,13). The third-order valence-electron chi connectivity index (χ3n) is 2.28. The van der Waals surface area contributed by atoms with Crippen molar-refractivity contribution in [3.8, 4) is 0 Å². The van der Waals surface area contributed by atoms with Gasteiger partial charge < -0.3 is 5.11 Å². The lowest BCUT2D eigenvalue weighted by atomic mass is 9.99. The van der Waals surface area contributed by atoms with Crippen molar-refractivity contribution in [3.05, 3.63) is 21.0 Å². The number of aliphatic hydroxyl groups is 1. The molecule has 0 aliphatic heterocycles. The summed E-state index contributed by atoms with van der Waals surface area (Å²) in [6, 6.07) is 0. The quantitative estimate of drug-likeness (QED) is 0.553. The Morgan fingerprint density at radius 1 is 1.31 bits per heavy atom. The van der Waals surface area contributed by atoms with Crippen molar-refractivity contribution in [2.24, 2.45) is 0 Å². The van der Waals surface area contributed by atoms with E-state index >= 15 is 0 Å².